The molecule has 0 saturated carbocycles. The molecule has 2 fully saturated rings. The highest BCUT2D eigenvalue weighted by Gasteiger charge is 2.35. The molecule has 1 aromatic heterocycles. The highest BCUT2D eigenvalue weighted by atomic mass is 19.4. The van der Waals surface area contributed by atoms with Gasteiger partial charge in [-0.1, -0.05) is 42.5 Å². The molecule has 0 bridgehead atoms. The second-order valence-corrected chi connectivity index (χ2v) is 14.3. The summed E-state index contributed by atoms with van der Waals surface area (Å²) in [5, 5.41) is 39.7. The fourth-order valence-corrected chi connectivity index (χ4v) is 7.75. The zero-order valence-corrected chi connectivity index (χ0v) is 30.7. The van der Waals surface area contributed by atoms with Crippen LogP contribution >= 0.6 is 0 Å². The molecule has 0 aliphatic carbocycles. The van der Waals surface area contributed by atoms with E-state index in [1.807, 2.05) is 25.1 Å². The van der Waals surface area contributed by atoms with Crippen LogP contribution < -0.4 is 4.74 Å². The van der Waals surface area contributed by atoms with Crippen molar-refractivity contribution in [1.29, 1.82) is 10.5 Å². The van der Waals surface area contributed by atoms with E-state index < -0.39 is 23.6 Å². The van der Waals surface area contributed by atoms with Crippen molar-refractivity contribution in [3.05, 3.63) is 105 Å². The van der Waals surface area contributed by atoms with Crippen LogP contribution in [0.4, 0.5) is 13.2 Å². The lowest BCUT2D eigenvalue weighted by molar-refractivity contribution is -0.141. The van der Waals surface area contributed by atoms with Crippen molar-refractivity contribution in [3.8, 4) is 40.5 Å². The molecule has 7 rings (SSSR count). The van der Waals surface area contributed by atoms with Gasteiger partial charge in [0.05, 0.1) is 35.8 Å². The molecule has 13 heteroatoms. The van der Waals surface area contributed by atoms with Crippen molar-refractivity contribution in [2.24, 2.45) is 5.92 Å². The topological polar surface area (TPSA) is 147 Å². The number of benzene rings is 4. The summed E-state index contributed by atoms with van der Waals surface area (Å²) in [5.41, 5.74) is 4.67. The molecule has 286 valence electrons. The molecule has 2 atom stereocenters. The standard InChI is InChI=1S/C43H38F3N5O5/c1-25-33(6-4-7-34(25)41-49-38-16-26(15-30(19-47)40(38)56-41)21-50-14-12-32(52)24-50)35-8-3-5-27(36(35)20-48)9-10-28-18-39(55-2)31(17-37(28)43(44,45)46)23-51-13-11-29(22-51)42(53)54/h3-10,15-18,29,32,52H,11-14,21-24H2,1-2H3,(H,53,54)/b10-9+/t29-,32-/m1/s1. The molecule has 0 spiro atoms. The maximum atomic E-state index is 14.5. The van der Waals surface area contributed by atoms with Gasteiger partial charge in [0, 0.05) is 49.4 Å². The highest BCUT2D eigenvalue weighted by molar-refractivity contribution is 5.87. The second kappa shape index (κ2) is 15.6. The average Bonchev–Trinajstić information content (AvgIpc) is 3.93. The lowest BCUT2D eigenvalue weighted by Crippen LogP contribution is -2.23. The number of halogens is 3. The largest absolute Gasteiger partial charge is 0.496 e. The lowest BCUT2D eigenvalue weighted by atomic mass is 9.91. The van der Waals surface area contributed by atoms with Crippen molar-refractivity contribution in [1.82, 2.24) is 14.8 Å². The number of likely N-dealkylation sites (tertiary alicyclic amines) is 2. The van der Waals surface area contributed by atoms with Crippen molar-refractivity contribution < 1.29 is 37.3 Å². The first-order chi connectivity index (χ1) is 26.9. The fourth-order valence-electron chi connectivity index (χ4n) is 7.75. The Kier molecular flexibility index (Phi) is 10.7. The minimum absolute atomic E-state index is 0.105. The van der Waals surface area contributed by atoms with Crippen LogP contribution in [0.2, 0.25) is 0 Å². The van der Waals surface area contributed by atoms with Crippen LogP contribution in [0.1, 0.15) is 57.3 Å². The number of aliphatic hydroxyl groups excluding tert-OH is 1. The summed E-state index contributed by atoms with van der Waals surface area (Å²) in [6.07, 6.45) is -1.15. The lowest BCUT2D eigenvalue weighted by Gasteiger charge is -2.20. The number of carboxylic acids is 1. The van der Waals surface area contributed by atoms with Gasteiger partial charge in [-0.25, -0.2) is 4.98 Å². The van der Waals surface area contributed by atoms with Gasteiger partial charge >= 0.3 is 12.1 Å². The van der Waals surface area contributed by atoms with Crippen LogP contribution in [-0.2, 0) is 24.1 Å². The minimum atomic E-state index is -4.70. The molecule has 2 saturated heterocycles. The molecular weight excluding hydrogens is 723 g/mol. The van der Waals surface area contributed by atoms with E-state index in [1.165, 1.54) is 25.3 Å². The summed E-state index contributed by atoms with van der Waals surface area (Å²) in [6, 6.07) is 21.1. The molecule has 5 aromatic rings. The van der Waals surface area contributed by atoms with Crippen LogP contribution in [0.3, 0.4) is 0 Å². The Balaban J connectivity index is 1.21. The third-order valence-electron chi connectivity index (χ3n) is 10.6. The molecule has 0 amide bonds. The summed E-state index contributed by atoms with van der Waals surface area (Å²) in [5.74, 6) is -0.968. The van der Waals surface area contributed by atoms with Gasteiger partial charge in [-0.3, -0.25) is 14.6 Å². The van der Waals surface area contributed by atoms with E-state index in [2.05, 4.69) is 17.0 Å². The van der Waals surface area contributed by atoms with E-state index in [-0.39, 0.29) is 36.1 Å². The summed E-state index contributed by atoms with van der Waals surface area (Å²) in [6.45, 7) is 4.54. The Bertz CT molecular complexity index is 2440. The number of aromatic nitrogens is 1. The van der Waals surface area contributed by atoms with Crippen molar-refractivity contribution in [2.75, 3.05) is 33.3 Å². The summed E-state index contributed by atoms with van der Waals surface area (Å²) in [4.78, 5) is 20.1. The molecule has 56 heavy (non-hydrogen) atoms. The SMILES string of the molecule is COc1cc(/C=C/c2cccc(-c3cccc(-c4nc5cc(CN6CC[C@@H](O)C6)cc(C#N)c5o4)c3C)c2C#N)c(C(F)(F)F)cc1CN1CC[C@@H](C(=O)O)C1. The second-order valence-electron chi connectivity index (χ2n) is 14.3. The fraction of sp³-hybridized carbons (Fsp3) is 0.302. The molecule has 3 heterocycles. The van der Waals surface area contributed by atoms with Crippen LogP contribution in [-0.4, -0.2) is 70.4 Å². The minimum Gasteiger partial charge on any atom is -0.496 e. The third-order valence-corrected chi connectivity index (χ3v) is 10.6. The van der Waals surface area contributed by atoms with Gasteiger partial charge in [-0.05, 0) is 84.5 Å². The number of oxazole rings is 1. The predicted molar refractivity (Wildman–Crippen MR) is 203 cm³/mol. The number of nitriles is 2. The smallest absolute Gasteiger partial charge is 0.417 e. The van der Waals surface area contributed by atoms with E-state index in [1.54, 1.807) is 35.2 Å². The predicted octanol–water partition coefficient (Wildman–Crippen LogP) is 7.88. The molecule has 2 aliphatic rings. The number of ether oxygens (including phenoxy) is 1. The Labute approximate surface area is 321 Å². The van der Waals surface area contributed by atoms with Crippen LogP contribution in [0.25, 0.3) is 45.8 Å². The number of methoxy groups -OCH3 is 1. The number of carboxylic acid groups (broad SMARTS) is 1. The van der Waals surface area contributed by atoms with Crippen molar-refractivity contribution in [2.45, 2.75) is 45.1 Å². The summed E-state index contributed by atoms with van der Waals surface area (Å²) in [7, 11) is 1.38. The first-order valence-corrected chi connectivity index (χ1v) is 18.2. The Morgan fingerprint density at radius 2 is 1.68 bits per heavy atom. The number of nitrogens with zero attached hydrogens (tertiary/aromatic N) is 5. The number of aliphatic hydroxyl groups is 1. The van der Waals surface area contributed by atoms with Gasteiger partial charge < -0.3 is 19.4 Å². The van der Waals surface area contributed by atoms with Gasteiger partial charge in [-0.2, -0.15) is 23.7 Å². The molecular formula is C43H38F3N5O5. The van der Waals surface area contributed by atoms with Crippen LogP contribution in [0.5, 0.6) is 5.75 Å². The van der Waals surface area contributed by atoms with E-state index in [0.29, 0.717) is 82.8 Å². The van der Waals surface area contributed by atoms with E-state index >= 15 is 0 Å². The van der Waals surface area contributed by atoms with Gasteiger partial charge in [0.15, 0.2) is 5.58 Å². The number of β-amino-alcohol motifs (C(OH)–C–C–N with tert-alkyl or cyclic N) is 1. The van der Waals surface area contributed by atoms with E-state index in [4.69, 9.17) is 14.1 Å². The normalized spacial score (nSPS) is 17.8. The number of carbonyl (C=O) groups is 1. The van der Waals surface area contributed by atoms with Crippen LogP contribution in [0, 0.1) is 35.5 Å². The monoisotopic (exact) mass is 761 g/mol. The number of aliphatic carboxylic acids is 1. The number of hydrogen-bond donors (Lipinski definition) is 2. The zero-order chi connectivity index (χ0) is 39.7. The number of rotatable bonds is 10. The number of fused-ring (bicyclic) bond motifs is 1. The number of hydrogen-bond acceptors (Lipinski definition) is 9. The molecule has 10 nitrogen and oxygen atoms in total. The van der Waals surface area contributed by atoms with Crippen LogP contribution in [0.15, 0.2) is 65.1 Å². The molecule has 0 radical (unpaired) electrons. The third kappa shape index (κ3) is 7.75. The maximum Gasteiger partial charge on any atom is 0.417 e. The van der Waals surface area contributed by atoms with Gasteiger partial charge in [0.1, 0.15) is 23.4 Å². The highest BCUT2D eigenvalue weighted by Crippen LogP contribution is 2.39. The Morgan fingerprint density at radius 1 is 0.964 bits per heavy atom. The first-order valence-electron chi connectivity index (χ1n) is 18.2. The summed E-state index contributed by atoms with van der Waals surface area (Å²) < 4.78 is 55.2. The van der Waals surface area contributed by atoms with Gasteiger partial charge in [-0.15, -0.1) is 0 Å². The quantitative estimate of drug-likeness (QED) is 0.135. The molecule has 0 unspecified atom stereocenters. The van der Waals surface area contributed by atoms with Crippen molar-refractivity contribution in [3.63, 3.8) is 0 Å². The van der Waals surface area contributed by atoms with Gasteiger partial charge in [0.25, 0.3) is 0 Å². The first kappa shape index (κ1) is 38.3. The average molecular weight is 762 g/mol. The van der Waals surface area contributed by atoms with E-state index in [0.717, 1.165) is 23.7 Å². The zero-order valence-electron chi connectivity index (χ0n) is 30.7. The van der Waals surface area contributed by atoms with E-state index in [9.17, 15) is 38.7 Å². The Hall–Kier alpha value is -5.99. The molecule has 4 aromatic carbocycles. The maximum absolute atomic E-state index is 14.5. The van der Waals surface area contributed by atoms with Crippen molar-refractivity contribution >= 4 is 29.2 Å². The molecule has 2 aliphatic heterocycles. The summed E-state index contributed by atoms with van der Waals surface area (Å²) >= 11 is 0. The molecule has 2 N–H and O–H groups in total. The number of alkyl halides is 3. The Morgan fingerprint density at radius 3 is 2.36 bits per heavy atom. The van der Waals surface area contributed by atoms with Gasteiger partial charge in [0.2, 0.25) is 5.89 Å².